The summed E-state index contributed by atoms with van der Waals surface area (Å²) < 4.78 is 18.0. The number of aliphatic hydroxyl groups excluding tert-OH is 1. The molecule has 0 aliphatic rings. The summed E-state index contributed by atoms with van der Waals surface area (Å²) in [6.45, 7) is 3.72. The van der Waals surface area contributed by atoms with Gasteiger partial charge in [-0.3, -0.25) is 4.98 Å². The Morgan fingerprint density at radius 1 is 1.69 bits per heavy atom. The molecule has 0 saturated carbocycles. The average Bonchev–Trinajstić information content (AvgIpc) is 2.08. The van der Waals surface area contributed by atoms with Crippen molar-refractivity contribution >= 4 is 0 Å². The zero-order valence-electron chi connectivity index (χ0n) is 7.62. The van der Waals surface area contributed by atoms with Gasteiger partial charge >= 0.3 is 0 Å². The summed E-state index contributed by atoms with van der Waals surface area (Å²) in [5.74, 6) is -0.375. The normalized spacial score (nSPS) is 12.6. The van der Waals surface area contributed by atoms with E-state index in [-0.39, 0.29) is 5.75 Å². The molecule has 1 atom stereocenters. The Kier molecular flexibility index (Phi) is 3.19. The maximum atomic E-state index is 13.0. The van der Waals surface area contributed by atoms with E-state index in [1.54, 1.807) is 13.8 Å². The van der Waals surface area contributed by atoms with Gasteiger partial charge in [-0.2, -0.15) is 0 Å². The number of halogens is 1. The summed E-state index contributed by atoms with van der Waals surface area (Å²) in [6, 6.07) is 1.41. The van der Waals surface area contributed by atoms with Gasteiger partial charge in [0.15, 0.2) is 11.6 Å². The molecule has 1 rings (SSSR count). The largest absolute Gasteiger partial charge is 0.491 e. The number of aliphatic hydroxyl groups is 1. The third-order valence-electron chi connectivity index (χ3n) is 1.57. The van der Waals surface area contributed by atoms with E-state index in [0.29, 0.717) is 12.3 Å². The molecule has 13 heavy (non-hydrogen) atoms. The van der Waals surface area contributed by atoms with Gasteiger partial charge in [0.25, 0.3) is 0 Å². The van der Waals surface area contributed by atoms with E-state index < -0.39 is 11.9 Å². The van der Waals surface area contributed by atoms with Crippen LogP contribution < -0.4 is 4.74 Å². The molecule has 72 valence electrons. The van der Waals surface area contributed by atoms with Gasteiger partial charge in [0.05, 0.1) is 24.6 Å². The SMILES string of the molecule is CCOc1cc([C@@H](C)O)ncc1F. The predicted octanol–water partition coefficient (Wildman–Crippen LogP) is 1.67. The summed E-state index contributed by atoms with van der Waals surface area (Å²) in [4.78, 5) is 3.72. The highest BCUT2D eigenvalue weighted by atomic mass is 19.1. The third kappa shape index (κ3) is 2.39. The van der Waals surface area contributed by atoms with Gasteiger partial charge < -0.3 is 9.84 Å². The van der Waals surface area contributed by atoms with E-state index in [1.807, 2.05) is 0 Å². The second kappa shape index (κ2) is 4.18. The summed E-state index contributed by atoms with van der Waals surface area (Å²) >= 11 is 0. The summed E-state index contributed by atoms with van der Waals surface area (Å²) in [7, 11) is 0. The van der Waals surface area contributed by atoms with Crippen LogP contribution in [0.25, 0.3) is 0 Å². The van der Waals surface area contributed by atoms with Crippen LogP contribution in [0.15, 0.2) is 12.3 Å². The number of nitrogens with zero attached hydrogens (tertiary/aromatic N) is 1. The van der Waals surface area contributed by atoms with E-state index >= 15 is 0 Å². The van der Waals surface area contributed by atoms with Crippen molar-refractivity contribution in [2.24, 2.45) is 0 Å². The molecular formula is C9H12FNO2. The lowest BCUT2D eigenvalue weighted by Gasteiger charge is -2.07. The predicted molar refractivity (Wildman–Crippen MR) is 46.0 cm³/mol. The van der Waals surface area contributed by atoms with E-state index in [1.165, 1.54) is 6.07 Å². The molecule has 0 radical (unpaired) electrons. The minimum atomic E-state index is -0.709. The summed E-state index contributed by atoms with van der Waals surface area (Å²) in [5.41, 5.74) is 0.407. The number of pyridine rings is 1. The van der Waals surface area contributed by atoms with Crippen LogP contribution in [0, 0.1) is 5.82 Å². The molecule has 0 spiro atoms. The molecule has 1 N–H and O–H groups in total. The third-order valence-corrected chi connectivity index (χ3v) is 1.57. The Hall–Kier alpha value is -1.16. The van der Waals surface area contributed by atoms with Crippen molar-refractivity contribution in [1.82, 2.24) is 4.98 Å². The Morgan fingerprint density at radius 3 is 2.92 bits per heavy atom. The maximum Gasteiger partial charge on any atom is 0.183 e. The molecule has 1 aromatic rings. The van der Waals surface area contributed by atoms with Gasteiger partial charge in [0.1, 0.15) is 0 Å². The van der Waals surface area contributed by atoms with Crippen molar-refractivity contribution in [3.8, 4) is 5.75 Å². The van der Waals surface area contributed by atoms with Crippen LogP contribution in [0.5, 0.6) is 5.75 Å². The first kappa shape index (κ1) is 9.92. The van der Waals surface area contributed by atoms with Crippen LogP contribution in [0.1, 0.15) is 25.6 Å². The number of ether oxygens (including phenoxy) is 1. The van der Waals surface area contributed by atoms with Crippen LogP contribution in [-0.2, 0) is 0 Å². The maximum absolute atomic E-state index is 13.0. The summed E-state index contributed by atoms with van der Waals surface area (Å²) in [5, 5.41) is 9.17. The van der Waals surface area contributed by atoms with Crippen molar-refractivity contribution in [2.45, 2.75) is 20.0 Å². The molecule has 0 aromatic carbocycles. The Balaban J connectivity index is 2.97. The van der Waals surface area contributed by atoms with Crippen molar-refractivity contribution in [2.75, 3.05) is 6.61 Å². The highest BCUT2D eigenvalue weighted by molar-refractivity contribution is 5.25. The molecule has 0 saturated heterocycles. The van der Waals surface area contributed by atoms with E-state index in [9.17, 15) is 4.39 Å². The second-order valence-electron chi connectivity index (χ2n) is 2.65. The van der Waals surface area contributed by atoms with Gasteiger partial charge in [-0.25, -0.2) is 4.39 Å². The van der Waals surface area contributed by atoms with Crippen LogP contribution in [0.2, 0.25) is 0 Å². The second-order valence-corrected chi connectivity index (χ2v) is 2.65. The van der Waals surface area contributed by atoms with E-state index in [0.717, 1.165) is 6.20 Å². The molecule has 0 fully saturated rings. The number of hydrogen-bond acceptors (Lipinski definition) is 3. The lowest BCUT2D eigenvalue weighted by Crippen LogP contribution is -2.00. The number of rotatable bonds is 3. The minimum Gasteiger partial charge on any atom is -0.491 e. The molecule has 1 aromatic heterocycles. The van der Waals surface area contributed by atoms with E-state index in [2.05, 4.69) is 4.98 Å². The Morgan fingerprint density at radius 2 is 2.38 bits per heavy atom. The standard InChI is InChI=1S/C9H12FNO2/c1-3-13-9-4-8(6(2)12)11-5-7(9)10/h4-6,12H,3H2,1-2H3/t6-/m1/s1. The first-order chi connectivity index (χ1) is 6.15. The quantitative estimate of drug-likeness (QED) is 0.778. The lowest BCUT2D eigenvalue weighted by molar-refractivity contribution is 0.193. The van der Waals surface area contributed by atoms with Crippen molar-refractivity contribution in [3.63, 3.8) is 0 Å². The fourth-order valence-electron chi connectivity index (χ4n) is 0.930. The highest BCUT2D eigenvalue weighted by Gasteiger charge is 2.08. The molecule has 3 nitrogen and oxygen atoms in total. The van der Waals surface area contributed by atoms with Gasteiger partial charge in [-0.15, -0.1) is 0 Å². The fourth-order valence-corrected chi connectivity index (χ4v) is 0.930. The van der Waals surface area contributed by atoms with E-state index in [4.69, 9.17) is 9.84 Å². The molecule has 1 heterocycles. The topological polar surface area (TPSA) is 42.4 Å². The fraction of sp³-hybridized carbons (Fsp3) is 0.444. The zero-order chi connectivity index (χ0) is 9.84. The van der Waals surface area contributed by atoms with Crippen LogP contribution in [0.4, 0.5) is 4.39 Å². The number of hydrogen-bond donors (Lipinski definition) is 1. The van der Waals surface area contributed by atoms with Gasteiger partial charge in [0.2, 0.25) is 0 Å². The monoisotopic (exact) mass is 185 g/mol. The van der Waals surface area contributed by atoms with Crippen molar-refractivity contribution in [1.29, 1.82) is 0 Å². The Labute approximate surface area is 76.2 Å². The molecule has 0 aliphatic carbocycles. The first-order valence-corrected chi connectivity index (χ1v) is 4.11. The van der Waals surface area contributed by atoms with Crippen molar-refractivity contribution < 1.29 is 14.2 Å². The summed E-state index contributed by atoms with van der Waals surface area (Å²) in [6.07, 6.45) is 0.340. The first-order valence-electron chi connectivity index (χ1n) is 4.11. The molecule has 0 aliphatic heterocycles. The minimum absolute atomic E-state index is 0.133. The smallest absolute Gasteiger partial charge is 0.183 e. The van der Waals surface area contributed by atoms with Gasteiger partial charge in [0, 0.05) is 6.07 Å². The van der Waals surface area contributed by atoms with Crippen LogP contribution in [0.3, 0.4) is 0 Å². The highest BCUT2D eigenvalue weighted by Crippen LogP contribution is 2.20. The molecule has 0 bridgehead atoms. The Bertz CT molecular complexity index is 289. The van der Waals surface area contributed by atoms with Crippen LogP contribution >= 0.6 is 0 Å². The molecule has 0 unspecified atom stereocenters. The average molecular weight is 185 g/mol. The molecule has 0 amide bonds. The number of aromatic nitrogens is 1. The lowest BCUT2D eigenvalue weighted by atomic mass is 10.2. The zero-order valence-corrected chi connectivity index (χ0v) is 7.62. The van der Waals surface area contributed by atoms with Crippen molar-refractivity contribution in [3.05, 3.63) is 23.8 Å². The van der Waals surface area contributed by atoms with Crippen LogP contribution in [-0.4, -0.2) is 16.7 Å². The van der Waals surface area contributed by atoms with Gasteiger partial charge in [-0.05, 0) is 13.8 Å². The molecular weight excluding hydrogens is 173 g/mol. The van der Waals surface area contributed by atoms with Gasteiger partial charge in [-0.1, -0.05) is 0 Å². The molecule has 4 heteroatoms.